The SMILES string of the molecule is CCCOC(=O)c1ccc(B(O)O)cc1. The molecule has 1 aromatic carbocycles. The lowest BCUT2D eigenvalue weighted by molar-refractivity contribution is 0.0505. The van der Waals surface area contributed by atoms with E-state index in [9.17, 15) is 4.79 Å². The quantitative estimate of drug-likeness (QED) is 0.537. The van der Waals surface area contributed by atoms with Gasteiger partial charge in [-0.3, -0.25) is 0 Å². The third-order valence-corrected chi connectivity index (χ3v) is 1.88. The van der Waals surface area contributed by atoms with Gasteiger partial charge in [0, 0.05) is 0 Å². The molecule has 0 saturated carbocycles. The summed E-state index contributed by atoms with van der Waals surface area (Å²) in [4.78, 5) is 11.3. The van der Waals surface area contributed by atoms with E-state index in [-0.39, 0.29) is 0 Å². The van der Waals surface area contributed by atoms with E-state index in [1.165, 1.54) is 24.3 Å². The van der Waals surface area contributed by atoms with Crippen molar-refractivity contribution in [2.75, 3.05) is 6.61 Å². The number of benzene rings is 1. The maximum absolute atomic E-state index is 11.3. The van der Waals surface area contributed by atoms with Crippen LogP contribution in [0.25, 0.3) is 0 Å². The molecule has 0 radical (unpaired) electrons. The molecular formula is C10H13BO4. The lowest BCUT2D eigenvalue weighted by atomic mass is 9.80. The van der Waals surface area contributed by atoms with Crippen molar-refractivity contribution < 1.29 is 19.6 Å². The van der Waals surface area contributed by atoms with E-state index in [0.29, 0.717) is 17.6 Å². The molecule has 0 heterocycles. The van der Waals surface area contributed by atoms with E-state index in [2.05, 4.69) is 0 Å². The molecule has 1 aromatic rings. The Morgan fingerprint density at radius 3 is 2.40 bits per heavy atom. The first kappa shape index (κ1) is 11.7. The molecule has 0 spiro atoms. The summed E-state index contributed by atoms with van der Waals surface area (Å²) in [5, 5.41) is 17.7. The van der Waals surface area contributed by atoms with Crippen LogP contribution in [-0.4, -0.2) is 29.7 Å². The van der Waals surface area contributed by atoms with E-state index in [1.807, 2.05) is 6.92 Å². The van der Waals surface area contributed by atoms with Crippen LogP contribution in [0.5, 0.6) is 0 Å². The minimum Gasteiger partial charge on any atom is -0.462 e. The fourth-order valence-electron chi connectivity index (χ4n) is 1.07. The Kier molecular flexibility index (Phi) is 4.33. The Morgan fingerprint density at radius 1 is 1.33 bits per heavy atom. The Hall–Kier alpha value is -1.33. The van der Waals surface area contributed by atoms with Crippen LogP contribution < -0.4 is 5.46 Å². The average molecular weight is 208 g/mol. The molecule has 0 bridgehead atoms. The first-order valence-corrected chi connectivity index (χ1v) is 4.78. The molecule has 5 heteroatoms. The van der Waals surface area contributed by atoms with E-state index in [1.54, 1.807) is 0 Å². The highest BCUT2D eigenvalue weighted by Gasteiger charge is 2.12. The van der Waals surface area contributed by atoms with Crippen LogP contribution in [0.15, 0.2) is 24.3 Å². The van der Waals surface area contributed by atoms with Crippen LogP contribution >= 0.6 is 0 Å². The predicted octanol–water partition coefficient (Wildman–Crippen LogP) is -0.0668. The van der Waals surface area contributed by atoms with Crippen molar-refractivity contribution in [2.24, 2.45) is 0 Å². The molecule has 0 saturated heterocycles. The van der Waals surface area contributed by atoms with Gasteiger partial charge in [0.25, 0.3) is 0 Å². The normalized spacial score (nSPS) is 9.80. The highest BCUT2D eigenvalue weighted by molar-refractivity contribution is 6.58. The molecule has 1 rings (SSSR count). The summed E-state index contributed by atoms with van der Waals surface area (Å²) < 4.78 is 4.91. The Labute approximate surface area is 88.6 Å². The number of ether oxygens (including phenoxy) is 1. The van der Waals surface area contributed by atoms with Crippen molar-refractivity contribution in [3.8, 4) is 0 Å². The molecular weight excluding hydrogens is 195 g/mol. The van der Waals surface area contributed by atoms with Gasteiger partial charge < -0.3 is 14.8 Å². The van der Waals surface area contributed by atoms with Crippen LogP contribution in [-0.2, 0) is 4.74 Å². The fourth-order valence-corrected chi connectivity index (χ4v) is 1.07. The second kappa shape index (κ2) is 5.53. The minimum atomic E-state index is -1.51. The fraction of sp³-hybridized carbons (Fsp3) is 0.300. The van der Waals surface area contributed by atoms with Gasteiger partial charge in [-0.1, -0.05) is 19.1 Å². The van der Waals surface area contributed by atoms with E-state index < -0.39 is 13.1 Å². The van der Waals surface area contributed by atoms with Crippen molar-refractivity contribution in [3.63, 3.8) is 0 Å². The molecule has 0 aliphatic carbocycles. The van der Waals surface area contributed by atoms with Gasteiger partial charge in [0.1, 0.15) is 0 Å². The molecule has 0 aromatic heterocycles. The molecule has 0 fully saturated rings. The smallest absolute Gasteiger partial charge is 0.462 e. The number of carbonyl (C=O) groups is 1. The molecule has 80 valence electrons. The van der Waals surface area contributed by atoms with Gasteiger partial charge in [-0.05, 0) is 24.0 Å². The Balaban J connectivity index is 2.67. The van der Waals surface area contributed by atoms with Gasteiger partial charge in [-0.2, -0.15) is 0 Å². The Morgan fingerprint density at radius 2 is 1.93 bits per heavy atom. The van der Waals surface area contributed by atoms with Crippen molar-refractivity contribution in [3.05, 3.63) is 29.8 Å². The number of hydrogen-bond acceptors (Lipinski definition) is 4. The molecule has 0 aliphatic rings. The second-order valence-corrected chi connectivity index (χ2v) is 3.13. The van der Waals surface area contributed by atoms with Crippen LogP contribution in [0.3, 0.4) is 0 Å². The summed E-state index contributed by atoms with van der Waals surface area (Å²) >= 11 is 0. The average Bonchev–Trinajstić information content (AvgIpc) is 2.26. The van der Waals surface area contributed by atoms with Crippen molar-refractivity contribution in [1.82, 2.24) is 0 Å². The molecule has 4 nitrogen and oxygen atoms in total. The number of esters is 1. The maximum atomic E-state index is 11.3. The van der Waals surface area contributed by atoms with Crippen LogP contribution in [0.2, 0.25) is 0 Å². The van der Waals surface area contributed by atoms with Gasteiger partial charge >= 0.3 is 13.1 Å². The Bertz CT molecular complexity index is 321. The largest absolute Gasteiger partial charge is 0.488 e. The number of carbonyl (C=O) groups excluding carboxylic acids is 1. The van der Waals surface area contributed by atoms with Crippen molar-refractivity contribution >= 4 is 18.6 Å². The molecule has 0 unspecified atom stereocenters. The lowest BCUT2D eigenvalue weighted by Gasteiger charge is -2.04. The summed E-state index contributed by atoms with van der Waals surface area (Å²) in [6, 6.07) is 5.97. The van der Waals surface area contributed by atoms with E-state index in [0.717, 1.165) is 6.42 Å². The monoisotopic (exact) mass is 208 g/mol. The second-order valence-electron chi connectivity index (χ2n) is 3.13. The van der Waals surface area contributed by atoms with Gasteiger partial charge in [-0.15, -0.1) is 0 Å². The summed E-state index contributed by atoms with van der Waals surface area (Å²) in [7, 11) is -1.51. The van der Waals surface area contributed by atoms with Crippen LogP contribution in [0.1, 0.15) is 23.7 Å². The van der Waals surface area contributed by atoms with E-state index in [4.69, 9.17) is 14.8 Å². The summed E-state index contributed by atoms with van der Waals surface area (Å²) in [5.41, 5.74) is 0.759. The number of rotatable bonds is 4. The summed E-state index contributed by atoms with van der Waals surface area (Å²) in [6.07, 6.45) is 0.777. The van der Waals surface area contributed by atoms with Gasteiger partial charge in [0.05, 0.1) is 12.2 Å². The maximum Gasteiger partial charge on any atom is 0.488 e. The molecule has 0 amide bonds. The van der Waals surface area contributed by atoms with Crippen LogP contribution in [0.4, 0.5) is 0 Å². The number of hydrogen-bond donors (Lipinski definition) is 2. The molecule has 15 heavy (non-hydrogen) atoms. The first-order chi connectivity index (χ1) is 7.15. The zero-order chi connectivity index (χ0) is 11.3. The third kappa shape index (κ3) is 3.38. The zero-order valence-electron chi connectivity index (χ0n) is 8.51. The highest BCUT2D eigenvalue weighted by atomic mass is 16.5. The van der Waals surface area contributed by atoms with Gasteiger partial charge in [0.2, 0.25) is 0 Å². The van der Waals surface area contributed by atoms with Crippen LogP contribution in [0, 0.1) is 0 Å². The highest BCUT2D eigenvalue weighted by Crippen LogP contribution is 2.00. The molecule has 0 atom stereocenters. The predicted molar refractivity (Wildman–Crippen MR) is 56.8 cm³/mol. The summed E-state index contributed by atoms with van der Waals surface area (Å²) in [5.74, 6) is -0.393. The third-order valence-electron chi connectivity index (χ3n) is 1.88. The standard InChI is InChI=1S/C10H13BO4/c1-2-7-15-10(12)8-3-5-9(6-4-8)11(13)14/h3-6,13-14H,2,7H2,1H3. The molecule has 0 aliphatic heterocycles. The summed E-state index contributed by atoms with van der Waals surface area (Å²) in [6.45, 7) is 2.31. The topological polar surface area (TPSA) is 66.8 Å². The van der Waals surface area contributed by atoms with Crippen molar-refractivity contribution in [2.45, 2.75) is 13.3 Å². The van der Waals surface area contributed by atoms with Crippen molar-refractivity contribution in [1.29, 1.82) is 0 Å². The van der Waals surface area contributed by atoms with Gasteiger partial charge in [-0.25, -0.2) is 4.79 Å². The van der Waals surface area contributed by atoms with E-state index >= 15 is 0 Å². The molecule has 2 N–H and O–H groups in total. The first-order valence-electron chi connectivity index (χ1n) is 4.78. The lowest BCUT2D eigenvalue weighted by Crippen LogP contribution is -2.29. The minimum absolute atomic E-state index is 0.349. The van der Waals surface area contributed by atoms with Gasteiger partial charge in [0.15, 0.2) is 0 Å². The zero-order valence-corrected chi connectivity index (χ0v) is 8.51.